The molecule has 1 aromatic rings. The van der Waals surface area contributed by atoms with E-state index in [0.717, 1.165) is 18.2 Å². The fourth-order valence-corrected chi connectivity index (χ4v) is 3.44. The maximum atomic E-state index is 5.67. The Bertz CT molecular complexity index is 209. The Labute approximate surface area is 93.7 Å². The van der Waals surface area contributed by atoms with E-state index < -0.39 is 0 Å². The summed E-state index contributed by atoms with van der Waals surface area (Å²) in [7, 11) is 0. The third-order valence-electron chi connectivity index (χ3n) is 1.95. The molecule has 13 heavy (non-hydrogen) atoms. The molecule has 0 fully saturated rings. The lowest BCUT2D eigenvalue weighted by atomic mass is 10.1. The van der Waals surface area contributed by atoms with Crippen LogP contribution in [0.15, 0.2) is 21.7 Å². The van der Waals surface area contributed by atoms with E-state index in [1.54, 1.807) is 0 Å². The lowest BCUT2D eigenvalue weighted by Crippen LogP contribution is -1.96. The Hall–Kier alpha value is 0.340. The van der Waals surface area contributed by atoms with Crippen LogP contribution in [0.5, 0.6) is 0 Å². The van der Waals surface area contributed by atoms with Gasteiger partial charge in [-0.2, -0.15) is 0 Å². The molecule has 0 N–H and O–H groups in total. The van der Waals surface area contributed by atoms with E-state index in [9.17, 15) is 0 Å². The summed E-state index contributed by atoms with van der Waals surface area (Å²) in [6.07, 6.45) is 2.42. The summed E-state index contributed by atoms with van der Waals surface area (Å²) in [6, 6.07) is 4.29. The predicted molar refractivity (Wildman–Crippen MR) is 64.2 cm³/mol. The SMILES string of the molecule is CC(CCCl)CCSc1cccs1. The van der Waals surface area contributed by atoms with Gasteiger partial charge < -0.3 is 0 Å². The van der Waals surface area contributed by atoms with Crippen LogP contribution < -0.4 is 0 Å². The summed E-state index contributed by atoms with van der Waals surface area (Å²) in [5, 5.41) is 2.13. The Morgan fingerprint density at radius 1 is 1.54 bits per heavy atom. The largest absolute Gasteiger partial charge is 0.137 e. The van der Waals surface area contributed by atoms with Crippen molar-refractivity contribution in [1.29, 1.82) is 0 Å². The lowest BCUT2D eigenvalue weighted by molar-refractivity contribution is 0.552. The Morgan fingerprint density at radius 3 is 3.00 bits per heavy atom. The molecule has 0 aliphatic rings. The van der Waals surface area contributed by atoms with Gasteiger partial charge in [-0.05, 0) is 36.0 Å². The van der Waals surface area contributed by atoms with Crippen LogP contribution in [-0.2, 0) is 0 Å². The molecule has 0 nitrogen and oxygen atoms in total. The third-order valence-corrected chi connectivity index (χ3v) is 4.33. The highest BCUT2D eigenvalue weighted by Crippen LogP contribution is 2.25. The second-order valence-electron chi connectivity index (χ2n) is 3.15. The molecule has 0 aromatic carbocycles. The first-order chi connectivity index (χ1) is 6.33. The Morgan fingerprint density at radius 2 is 2.38 bits per heavy atom. The molecule has 3 heteroatoms. The maximum Gasteiger partial charge on any atom is 0.0598 e. The van der Waals surface area contributed by atoms with Crippen molar-refractivity contribution in [2.24, 2.45) is 5.92 Å². The molecule has 0 radical (unpaired) electrons. The van der Waals surface area contributed by atoms with E-state index in [4.69, 9.17) is 11.6 Å². The maximum absolute atomic E-state index is 5.67. The summed E-state index contributed by atoms with van der Waals surface area (Å²) >= 11 is 9.45. The monoisotopic (exact) mass is 234 g/mol. The van der Waals surface area contributed by atoms with Crippen LogP contribution in [0.4, 0.5) is 0 Å². The van der Waals surface area contributed by atoms with E-state index >= 15 is 0 Å². The fourth-order valence-electron chi connectivity index (χ4n) is 1.04. The van der Waals surface area contributed by atoms with Crippen molar-refractivity contribution in [2.75, 3.05) is 11.6 Å². The first-order valence-electron chi connectivity index (χ1n) is 4.55. The van der Waals surface area contributed by atoms with Crippen LogP contribution in [0.25, 0.3) is 0 Å². The van der Waals surface area contributed by atoms with E-state index in [1.807, 2.05) is 23.1 Å². The van der Waals surface area contributed by atoms with Crippen molar-refractivity contribution in [3.8, 4) is 0 Å². The highest BCUT2D eigenvalue weighted by atomic mass is 35.5. The predicted octanol–water partition coefficient (Wildman–Crippen LogP) is 4.50. The normalized spacial score (nSPS) is 13.1. The summed E-state index contributed by atoms with van der Waals surface area (Å²) in [4.78, 5) is 0. The van der Waals surface area contributed by atoms with Gasteiger partial charge in [0.2, 0.25) is 0 Å². The molecule has 0 bridgehead atoms. The standard InChI is InChI=1S/C10H15ClS2/c1-9(4-6-11)5-8-13-10-3-2-7-12-10/h2-3,7,9H,4-6,8H2,1H3. The first kappa shape index (κ1) is 11.4. The Kier molecular flexibility index (Phi) is 5.92. The van der Waals surface area contributed by atoms with Crippen LogP contribution in [0.2, 0.25) is 0 Å². The van der Waals surface area contributed by atoms with Gasteiger partial charge in [0, 0.05) is 5.88 Å². The topological polar surface area (TPSA) is 0 Å². The molecule has 0 saturated carbocycles. The van der Waals surface area contributed by atoms with Crippen molar-refractivity contribution in [1.82, 2.24) is 0 Å². The van der Waals surface area contributed by atoms with Crippen LogP contribution in [0.1, 0.15) is 19.8 Å². The molecule has 1 heterocycles. The average molecular weight is 235 g/mol. The minimum Gasteiger partial charge on any atom is -0.137 e. The number of thiophene rings is 1. The smallest absolute Gasteiger partial charge is 0.0598 e. The molecule has 0 aliphatic heterocycles. The molecule has 74 valence electrons. The number of hydrogen-bond donors (Lipinski definition) is 0. The number of hydrogen-bond acceptors (Lipinski definition) is 2. The van der Waals surface area contributed by atoms with Gasteiger partial charge >= 0.3 is 0 Å². The highest BCUT2D eigenvalue weighted by molar-refractivity contribution is 8.01. The summed E-state index contributed by atoms with van der Waals surface area (Å²) in [5.74, 6) is 2.79. The van der Waals surface area contributed by atoms with Gasteiger partial charge in [-0.1, -0.05) is 13.0 Å². The highest BCUT2D eigenvalue weighted by Gasteiger charge is 2.01. The second-order valence-corrected chi connectivity index (χ2v) is 5.87. The van der Waals surface area contributed by atoms with Gasteiger partial charge in [0.15, 0.2) is 0 Å². The summed E-state index contributed by atoms with van der Waals surface area (Å²) in [5.41, 5.74) is 0. The van der Waals surface area contributed by atoms with E-state index in [-0.39, 0.29) is 0 Å². The van der Waals surface area contributed by atoms with Crippen LogP contribution in [0, 0.1) is 5.92 Å². The van der Waals surface area contributed by atoms with E-state index in [0.29, 0.717) is 0 Å². The summed E-state index contributed by atoms with van der Waals surface area (Å²) < 4.78 is 1.43. The van der Waals surface area contributed by atoms with Gasteiger partial charge in [0.1, 0.15) is 0 Å². The van der Waals surface area contributed by atoms with Crippen molar-refractivity contribution < 1.29 is 0 Å². The van der Waals surface area contributed by atoms with E-state index in [1.165, 1.54) is 16.4 Å². The zero-order valence-electron chi connectivity index (χ0n) is 7.83. The molecule has 1 atom stereocenters. The van der Waals surface area contributed by atoms with Gasteiger partial charge in [0.05, 0.1) is 4.21 Å². The molecule has 1 aromatic heterocycles. The van der Waals surface area contributed by atoms with Crippen LogP contribution >= 0.6 is 34.7 Å². The van der Waals surface area contributed by atoms with Crippen molar-refractivity contribution in [2.45, 2.75) is 24.0 Å². The molecule has 0 amide bonds. The van der Waals surface area contributed by atoms with Crippen molar-refractivity contribution in [3.05, 3.63) is 17.5 Å². The molecule has 0 saturated heterocycles. The van der Waals surface area contributed by atoms with Crippen LogP contribution in [-0.4, -0.2) is 11.6 Å². The molecular weight excluding hydrogens is 220 g/mol. The zero-order chi connectivity index (χ0) is 9.52. The number of alkyl halides is 1. The fraction of sp³-hybridized carbons (Fsp3) is 0.600. The minimum atomic E-state index is 0.768. The Balaban J connectivity index is 2.07. The van der Waals surface area contributed by atoms with Crippen molar-refractivity contribution >= 4 is 34.7 Å². The minimum absolute atomic E-state index is 0.768. The number of thioether (sulfide) groups is 1. The zero-order valence-corrected chi connectivity index (χ0v) is 10.2. The van der Waals surface area contributed by atoms with Gasteiger partial charge in [0.25, 0.3) is 0 Å². The quantitative estimate of drug-likeness (QED) is 0.516. The lowest BCUT2D eigenvalue weighted by Gasteiger charge is -2.07. The van der Waals surface area contributed by atoms with Gasteiger partial charge in [-0.3, -0.25) is 0 Å². The molecule has 0 spiro atoms. The van der Waals surface area contributed by atoms with Gasteiger partial charge in [-0.15, -0.1) is 34.7 Å². The molecule has 1 unspecified atom stereocenters. The van der Waals surface area contributed by atoms with Crippen LogP contribution in [0.3, 0.4) is 0 Å². The van der Waals surface area contributed by atoms with E-state index in [2.05, 4.69) is 24.4 Å². The number of rotatable bonds is 6. The third kappa shape index (κ3) is 4.94. The van der Waals surface area contributed by atoms with Gasteiger partial charge in [-0.25, -0.2) is 0 Å². The van der Waals surface area contributed by atoms with Crippen molar-refractivity contribution in [3.63, 3.8) is 0 Å². The molecule has 1 rings (SSSR count). The second kappa shape index (κ2) is 6.74. The molecule has 0 aliphatic carbocycles. The first-order valence-corrected chi connectivity index (χ1v) is 6.95. The average Bonchev–Trinajstić information content (AvgIpc) is 2.57. The number of halogens is 1. The molecular formula is C10H15ClS2. The summed E-state index contributed by atoms with van der Waals surface area (Å²) in [6.45, 7) is 2.28.